The lowest BCUT2D eigenvalue weighted by molar-refractivity contribution is 0.774. The Bertz CT molecular complexity index is 1240. The first-order chi connectivity index (χ1) is 16.3. The normalized spacial score (nSPS) is 20.6. The van der Waals surface area contributed by atoms with Gasteiger partial charge in [0.05, 0.1) is 0 Å². The first-order valence-electron chi connectivity index (χ1n) is 12.8. The highest BCUT2D eigenvalue weighted by atomic mass is 14.5. The number of fused-ring (bicyclic) bond motifs is 12. The Labute approximate surface area is 197 Å². The molecule has 7 rings (SSSR count). The van der Waals surface area contributed by atoms with Gasteiger partial charge >= 0.3 is 0 Å². The lowest BCUT2D eigenvalue weighted by Gasteiger charge is -2.24. The Morgan fingerprint density at radius 1 is 0.424 bits per heavy atom. The van der Waals surface area contributed by atoms with E-state index >= 15 is 0 Å². The van der Waals surface area contributed by atoms with Gasteiger partial charge in [-0.15, -0.1) is 0 Å². The van der Waals surface area contributed by atoms with Crippen molar-refractivity contribution in [2.45, 2.75) is 57.8 Å². The van der Waals surface area contributed by atoms with Crippen molar-refractivity contribution in [2.75, 3.05) is 0 Å². The van der Waals surface area contributed by atoms with E-state index < -0.39 is 0 Å². The summed E-state index contributed by atoms with van der Waals surface area (Å²) >= 11 is 0. The molecule has 0 amide bonds. The van der Waals surface area contributed by atoms with E-state index in [-0.39, 0.29) is 0 Å². The zero-order valence-electron chi connectivity index (χ0n) is 19.8. The third-order valence-corrected chi connectivity index (χ3v) is 8.70. The fourth-order valence-electron chi connectivity index (χ4n) is 7.55. The van der Waals surface area contributed by atoms with E-state index in [1.807, 2.05) is 0 Å². The number of benzene rings is 4. The van der Waals surface area contributed by atoms with Crippen molar-refractivity contribution in [1.29, 1.82) is 0 Å². The van der Waals surface area contributed by atoms with Gasteiger partial charge in [0.2, 0.25) is 0 Å². The Kier molecular flexibility index (Phi) is 4.07. The second-order valence-electron chi connectivity index (χ2n) is 10.0. The largest absolute Gasteiger partial charge is 0.0645 e. The molecule has 162 valence electrons. The van der Waals surface area contributed by atoms with Gasteiger partial charge in [-0.25, -0.2) is 0 Å². The average molecular weight is 427 g/mol. The maximum absolute atomic E-state index is 2.39. The summed E-state index contributed by atoms with van der Waals surface area (Å²) in [6.45, 7) is 7.13. The van der Waals surface area contributed by atoms with Crippen molar-refractivity contribution < 1.29 is 0 Å². The van der Waals surface area contributed by atoms with E-state index in [2.05, 4.69) is 93.6 Å². The van der Waals surface area contributed by atoms with Crippen molar-refractivity contribution >= 4 is 0 Å². The molecule has 0 unspecified atom stereocenters. The van der Waals surface area contributed by atoms with Gasteiger partial charge in [-0.2, -0.15) is 0 Å². The van der Waals surface area contributed by atoms with Gasteiger partial charge in [-0.05, 0) is 86.0 Å². The highest BCUT2D eigenvalue weighted by Crippen LogP contribution is 2.65. The topological polar surface area (TPSA) is 0 Å². The van der Waals surface area contributed by atoms with Crippen LogP contribution in [-0.4, -0.2) is 0 Å². The van der Waals surface area contributed by atoms with Crippen molar-refractivity contribution in [3.05, 3.63) is 106 Å². The third kappa shape index (κ3) is 2.27. The molecule has 0 aliphatic heterocycles. The molecule has 0 saturated heterocycles. The molecule has 3 aliphatic carbocycles. The molecule has 3 atom stereocenters. The average Bonchev–Trinajstić information content (AvgIpc) is 3.48. The summed E-state index contributed by atoms with van der Waals surface area (Å²) in [6.07, 6.45) is 3.45. The quantitative estimate of drug-likeness (QED) is 0.306. The molecule has 0 spiro atoms. The molecule has 3 aliphatic rings. The van der Waals surface area contributed by atoms with Crippen LogP contribution < -0.4 is 0 Å². The van der Waals surface area contributed by atoms with Crippen molar-refractivity contribution in [1.82, 2.24) is 0 Å². The van der Waals surface area contributed by atoms with Crippen LogP contribution in [0.25, 0.3) is 33.4 Å². The van der Waals surface area contributed by atoms with Crippen LogP contribution in [0.15, 0.2) is 72.8 Å². The fourth-order valence-corrected chi connectivity index (χ4v) is 7.55. The van der Waals surface area contributed by atoms with Gasteiger partial charge in [0.25, 0.3) is 0 Å². The monoisotopic (exact) mass is 426 g/mol. The van der Waals surface area contributed by atoms with Crippen LogP contribution in [0.2, 0.25) is 0 Å². The minimum Gasteiger partial charge on any atom is -0.0645 e. The summed E-state index contributed by atoms with van der Waals surface area (Å²) in [5, 5.41) is 0. The number of hydrogen-bond acceptors (Lipinski definition) is 0. The zero-order valence-corrected chi connectivity index (χ0v) is 19.8. The lowest BCUT2D eigenvalue weighted by Crippen LogP contribution is -2.05. The maximum atomic E-state index is 2.39. The van der Waals surface area contributed by atoms with Crippen LogP contribution >= 0.6 is 0 Å². The van der Waals surface area contributed by atoms with Crippen LogP contribution in [0.3, 0.4) is 0 Å². The van der Waals surface area contributed by atoms with Crippen LogP contribution in [0, 0.1) is 0 Å². The van der Waals surface area contributed by atoms with Gasteiger partial charge in [-0.3, -0.25) is 0 Å². The minimum absolute atomic E-state index is 0.486. The first-order valence-corrected chi connectivity index (χ1v) is 12.8. The summed E-state index contributed by atoms with van der Waals surface area (Å²) in [5.41, 5.74) is 18.7. The molecular formula is C33H30. The van der Waals surface area contributed by atoms with Gasteiger partial charge in [0.15, 0.2) is 0 Å². The molecule has 0 N–H and O–H groups in total. The minimum atomic E-state index is 0.486. The van der Waals surface area contributed by atoms with Crippen LogP contribution in [0.1, 0.15) is 91.2 Å². The molecule has 0 aromatic heterocycles. The summed E-state index contributed by atoms with van der Waals surface area (Å²) in [6, 6.07) is 27.8. The highest BCUT2D eigenvalue weighted by molar-refractivity contribution is 6.02. The second kappa shape index (κ2) is 6.94. The SMILES string of the molecule is CC[C@H]1c2ccccc2-c2c1c1c(c3c2[C@@H](CC)c2ccccc2-3)[C@@H](CC)c2ccccc2-1. The fraction of sp³-hybridized carbons (Fsp3) is 0.273. The van der Waals surface area contributed by atoms with E-state index in [0.29, 0.717) is 17.8 Å². The smallest absolute Gasteiger partial charge is 0.0105 e. The predicted octanol–water partition coefficient (Wildman–Crippen LogP) is 9.25. The first kappa shape index (κ1) is 19.4. The summed E-state index contributed by atoms with van der Waals surface area (Å²) in [7, 11) is 0. The van der Waals surface area contributed by atoms with Crippen LogP contribution in [0.5, 0.6) is 0 Å². The summed E-state index contributed by atoms with van der Waals surface area (Å²) < 4.78 is 0. The molecule has 4 aromatic carbocycles. The third-order valence-electron chi connectivity index (χ3n) is 8.70. The lowest BCUT2D eigenvalue weighted by atomic mass is 9.79. The Hall–Kier alpha value is -3.12. The molecule has 0 nitrogen and oxygen atoms in total. The number of hydrogen-bond donors (Lipinski definition) is 0. The van der Waals surface area contributed by atoms with Crippen molar-refractivity contribution in [3.63, 3.8) is 0 Å². The van der Waals surface area contributed by atoms with Gasteiger partial charge in [0, 0.05) is 17.8 Å². The van der Waals surface area contributed by atoms with Crippen molar-refractivity contribution in [3.8, 4) is 33.4 Å². The maximum Gasteiger partial charge on any atom is 0.0105 e. The van der Waals surface area contributed by atoms with Crippen LogP contribution in [-0.2, 0) is 0 Å². The van der Waals surface area contributed by atoms with E-state index in [9.17, 15) is 0 Å². The molecule has 0 fully saturated rings. The molecule has 0 radical (unpaired) electrons. The Morgan fingerprint density at radius 2 is 0.697 bits per heavy atom. The Balaban J connectivity index is 1.72. The standard InChI is InChI=1S/C33H30/c1-4-19-22-13-7-10-16-25(22)31-28(19)32-26-17-11-8-14-23(26)20(5-2)30(32)33-27-18-12-9-15-24(27)21(6-3)29(31)33/h7-21H,4-6H2,1-3H3/t19-,20-,21-/m0/s1. The molecule has 0 bridgehead atoms. The van der Waals surface area contributed by atoms with Crippen LogP contribution in [0.4, 0.5) is 0 Å². The van der Waals surface area contributed by atoms with Gasteiger partial charge in [0.1, 0.15) is 0 Å². The second-order valence-corrected chi connectivity index (χ2v) is 10.0. The van der Waals surface area contributed by atoms with Crippen molar-refractivity contribution in [2.24, 2.45) is 0 Å². The zero-order chi connectivity index (χ0) is 22.3. The predicted molar refractivity (Wildman–Crippen MR) is 139 cm³/mol. The molecule has 0 heterocycles. The summed E-state index contributed by atoms with van der Waals surface area (Å²) in [4.78, 5) is 0. The van der Waals surface area contributed by atoms with E-state index in [1.54, 1.807) is 33.4 Å². The molecule has 0 saturated carbocycles. The molecule has 4 aromatic rings. The number of rotatable bonds is 3. The van der Waals surface area contributed by atoms with Gasteiger partial charge in [-0.1, -0.05) is 93.6 Å². The molecular weight excluding hydrogens is 396 g/mol. The van der Waals surface area contributed by atoms with E-state index in [4.69, 9.17) is 0 Å². The van der Waals surface area contributed by atoms with E-state index in [1.165, 1.54) is 33.4 Å². The molecule has 33 heavy (non-hydrogen) atoms. The highest BCUT2D eigenvalue weighted by Gasteiger charge is 2.44. The molecule has 0 heteroatoms. The Morgan fingerprint density at radius 3 is 0.970 bits per heavy atom. The van der Waals surface area contributed by atoms with E-state index in [0.717, 1.165) is 19.3 Å². The van der Waals surface area contributed by atoms with Gasteiger partial charge < -0.3 is 0 Å². The summed E-state index contributed by atoms with van der Waals surface area (Å²) in [5.74, 6) is 1.46.